The number of ether oxygens (including phenoxy) is 2. The maximum absolute atomic E-state index is 12.7. The molecule has 0 spiro atoms. The van der Waals surface area contributed by atoms with Crippen LogP contribution in [0.15, 0.2) is 53.7 Å². The van der Waals surface area contributed by atoms with Gasteiger partial charge in [0.2, 0.25) is 0 Å². The summed E-state index contributed by atoms with van der Waals surface area (Å²) in [4.78, 5) is 12.7. The van der Waals surface area contributed by atoms with E-state index >= 15 is 0 Å². The maximum Gasteiger partial charge on any atom is 0.171 e. The van der Waals surface area contributed by atoms with Crippen molar-refractivity contribution in [3.8, 4) is 11.5 Å². The Kier molecular flexibility index (Phi) is 6.04. The number of Topliss-reactive ketones (excluding diaryl/α,β-unsaturated/α-hetero) is 1. The summed E-state index contributed by atoms with van der Waals surface area (Å²) in [6.07, 6.45) is 2.27. The van der Waals surface area contributed by atoms with Gasteiger partial charge in [-0.3, -0.25) is 4.79 Å². The first-order valence-corrected chi connectivity index (χ1v) is 10.8. The predicted octanol–water partition coefficient (Wildman–Crippen LogP) is 4.50. The minimum atomic E-state index is -0.272. The Morgan fingerprint density at radius 1 is 1.10 bits per heavy atom. The first-order chi connectivity index (χ1) is 14.6. The van der Waals surface area contributed by atoms with Crippen LogP contribution in [0.3, 0.4) is 0 Å². The number of rotatable bonds is 6. The number of allylic oxidation sites excluding steroid dienone is 1. The molecule has 0 fully saturated rings. The first kappa shape index (κ1) is 20.4. The molecule has 0 aromatic heterocycles. The minimum Gasteiger partial charge on any atom is -0.490 e. The Labute approximate surface area is 182 Å². The van der Waals surface area contributed by atoms with E-state index in [9.17, 15) is 4.79 Å². The third kappa shape index (κ3) is 4.19. The molecule has 0 radical (unpaired) electrons. The number of carbonyl (C=O) groups is 1. The zero-order valence-corrected chi connectivity index (χ0v) is 18.1. The number of ketones is 1. The van der Waals surface area contributed by atoms with Gasteiger partial charge in [-0.25, -0.2) is 0 Å². The number of hydrogen-bond acceptors (Lipinski definition) is 4. The molecule has 1 unspecified atom stereocenters. The normalized spacial score (nSPS) is 18.4. The summed E-state index contributed by atoms with van der Waals surface area (Å²) in [7, 11) is 0. The SMILES string of the molecule is CCOc1cc(C2NC(=S)NC3=C2C(=O)CCC3)ccc1OCc1ccccc1C. The van der Waals surface area contributed by atoms with Crippen molar-refractivity contribution in [1.29, 1.82) is 0 Å². The summed E-state index contributed by atoms with van der Waals surface area (Å²) >= 11 is 5.38. The molecule has 0 saturated carbocycles. The molecular weight excluding hydrogens is 396 g/mol. The number of thiocarbonyl (C=S) groups is 1. The summed E-state index contributed by atoms with van der Waals surface area (Å²) in [5.74, 6) is 1.52. The molecule has 2 aromatic carbocycles. The smallest absolute Gasteiger partial charge is 0.171 e. The molecule has 1 aliphatic carbocycles. The van der Waals surface area contributed by atoms with E-state index in [0.717, 1.165) is 35.2 Å². The largest absolute Gasteiger partial charge is 0.490 e. The van der Waals surface area contributed by atoms with Crippen LogP contribution in [-0.4, -0.2) is 17.5 Å². The van der Waals surface area contributed by atoms with Gasteiger partial charge in [0.1, 0.15) is 6.61 Å². The molecule has 1 heterocycles. The zero-order valence-electron chi connectivity index (χ0n) is 17.3. The molecule has 4 rings (SSSR count). The van der Waals surface area contributed by atoms with Gasteiger partial charge in [-0.05, 0) is 67.7 Å². The van der Waals surface area contributed by atoms with Gasteiger partial charge in [0.25, 0.3) is 0 Å². The molecule has 1 aliphatic heterocycles. The molecule has 156 valence electrons. The fourth-order valence-electron chi connectivity index (χ4n) is 3.97. The molecule has 5 nitrogen and oxygen atoms in total. The molecule has 2 N–H and O–H groups in total. The Bertz CT molecular complexity index is 1020. The molecule has 6 heteroatoms. The lowest BCUT2D eigenvalue weighted by molar-refractivity contribution is -0.116. The van der Waals surface area contributed by atoms with Gasteiger partial charge in [-0.15, -0.1) is 0 Å². The van der Waals surface area contributed by atoms with E-state index in [-0.39, 0.29) is 11.8 Å². The van der Waals surface area contributed by atoms with Crippen LogP contribution < -0.4 is 20.1 Å². The molecule has 0 saturated heterocycles. The molecular formula is C24H26N2O3S. The lowest BCUT2D eigenvalue weighted by Crippen LogP contribution is -2.46. The molecule has 2 aliphatic rings. The lowest BCUT2D eigenvalue weighted by atomic mass is 9.85. The van der Waals surface area contributed by atoms with Gasteiger partial charge >= 0.3 is 0 Å². The highest BCUT2D eigenvalue weighted by Crippen LogP contribution is 2.37. The molecule has 0 bridgehead atoms. The van der Waals surface area contributed by atoms with Gasteiger partial charge in [-0.1, -0.05) is 30.3 Å². The minimum absolute atomic E-state index is 0.168. The summed E-state index contributed by atoms with van der Waals surface area (Å²) in [5.41, 5.74) is 4.99. The Hall–Kier alpha value is -2.86. The zero-order chi connectivity index (χ0) is 21.1. The van der Waals surface area contributed by atoms with Crippen LogP contribution >= 0.6 is 12.2 Å². The van der Waals surface area contributed by atoms with E-state index in [1.807, 2.05) is 37.3 Å². The van der Waals surface area contributed by atoms with E-state index in [1.54, 1.807) is 0 Å². The van der Waals surface area contributed by atoms with Crippen LogP contribution in [0.25, 0.3) is 0 Å². The monoisotopic (exact) mass is 422 g/mol. The van der Waals surface area contributed by atoms with Crippen LogP contribution in [-0.2, 0) is 11.4 Å². The van der Waals surface area contributed by atoms with Crippen molar-refractivity contribution in [2.45, 2.75) is 45.8 Å². The average molecular weight is 423 g/mol. The predicted molar refractivity (Wildman–Crippen MR) is 121 cm³/mol. The highest BCUT2D eigenvalue weighted by atomic mass is 32.1. The van der Waals surface area contributed by atoms with Gasteiger partial charge < -0.3 is 20.1 Å². The lowest BCUT2D eigenvalue weighted by Gasteiger charge is -2.34. The molecule has 0 amide bonds. The highest BCUT2D eigenvalue weighted by molar-refractivity contribution is 7.80. The molecule has 1 atom stereocenters. The third-order valence-corrected chi connectivity index (χ3v) is 5.75. The number of hydrogen-bond donors (Lipinski definition) is 2. The second kappa shape index (κ2) is 8.88. The standard InChI is InChI=1S/C24H26N2O3S/c1-3-28-21-13-16(11-12-20(21)29-14-17-8-5-4-7-15(17)2)23-22-18(25-24(30)26-23)9-6-10-19(22)27/h4-5,7-8,11-13,23H,3,6,9-10,14H2,1-2H3,(H2,25,26,30). The van der Waals surface area contributed by atoms with Crippen molar-refractivity contribution in [2.75, 3.05) is 6.61 Å². The fraction of sp³-hybridized carbons (Fsp3) is 0.333. The van der Waals surface area contributed by atoms with Crippen molar-refractivity contribution in [1.82, 2.24) is 10.6 Å². The van der Waals surface area contributed by atoms with Gasteiger partial charge in [0.15, 0.2) is 22.4 Å². The van der Waals surface area contributed by atoms with E-state index in [4.69, 9.17) is 21.7 Å². The maximum atomic E-state index is 12.7. The number of benzene rings is 2. The van der Waals surface area contributed by atoms with Gasteiger partial charge in [0.05, 0.1) is 12.6 Å². The van der Waals surface area contributed by atoms with E-state index in [2.05, 4.69) is 29.7 Å². The van der Waals surface area contributed by atoms with Crippen molar-refractivity contribution >= 4 is 23.1 Å². The number of nitrogens with one attached hydrogen (secondary N) is 2. The van der Waals surface area contributed by atoms with Crippen LogP contribution in [0.5, 0.6) is 11.5 Å². The second-order valence-electron chi connectivity index (χ2n) is 7.55. The highest BCUT2D eigenvalue weighted by Gasteiger charge is 2.33. The Morgan fingerprint density at radius 2 is 1.93 bits per heavy atom. The molecule has 2 aromatic rings. The summed E-state index contributed by atoms with van der Waals surface area (Å²) in [5, 5.41) is 6.98. The van der Waals surface area contributed by atoms with E-state index in [1.165, 1.54) is 5.56 Å². The topological polar surface area (TPSA) is 59.6 Å². The van der Waals surface area contributed by atoms with Crippen molar-refractivity contribution in [3.05, 3.63) is 70.4 Å². The summed E-state index contributed by atoms with van der Waals surface area (Å²) in [6, 6.07) is 13.7. The molecule has 30 heavy (non-hydrogen) atoms. The fourth-order valence-corrected chi connectivity index (χ4v) is 4.22. The van der Waals surface area contributed by atoms with E-state index < -0.39 is 0 Å². The van der Waals surface area contributed by atoms with Crippen LogP contribution in [0, 0.1) is 6.92 Å². The van der Waals surface area contributed by atoms with Crippen LogP contribution in [0.2, 0.25) is 0 Å². The van der Waals surface area contributed by atoms with Gasteiger partial charge in [0, 0.05) is 17.7 Å². The van der Waals surface area contributed by atoms with Crippen molar-refractivity contribution in [3.63, 3.8) is 0 Å². The van der Waals surface area contributed by atoms with Crippen molar-refractivity contribution in [2.24, 2.45) is 0 Å². The van der Waals surface area contributed by atoms with Crippen LogP contribution in [0.1, 0.15) is 48.9 Å². The average Bonchev–Trinajstić information content (AvgIpc) is 2.73. The van der Waals surface area contributed by atoms with E-state index in [0.29, 0.717) is 36.2 Å². The van der Waals surface area contributed by atoms with Crippen LogP contribution in [0.4, 0.5) is 0 Å². The quantitative estimate of drug-likeness (QED) is 0.669. The number of carbonyl (C=O) groups excluding carboxylic acids is 1. The Balaban J connectivity index is 1.63. The first-order valence-electron chi connectivity index (χ1n) is 10.3. The summed E-state index contributed by atoms with van der Waals surface area (Å²) < 4.78 is 12.0. The Morgan fingerprint density at radius 3 is 2.73 bits per heavy atom. The number of aryl methyl sites for hydroxylation is 1. The van der Waals surface area contributed by atoms with Crippen molar-refractivity contribution < 1.29 is 14.3 Å². The summed E-state index contributed by atoms with van der Waals surface area (Å²) in [6.45, 7) is 5.01. The third-order valence-electron chi connectivity index (χ3n) is 5.53. The second-order valence-corrected chi connectivity index (χ2v) is 7.96. The van der Waals surface area contributed by atoms with Gasteiger partial charge in [-0.2, -0.15) is 0 Å².